The van der Waals surface area contributed by atoms with Crippen molar-refractivity contribution in [2.45, 2.75) is 37.9 Å². The molecule has 2 amide bonds. The number of fused-ring (bicyclic) bond motifs is 1. The number of alkyl halides is 3. The molecule has 2 unspecified atom stereocenters. The number of carbonyl (C=O) groups is 2. The van der Waals surface area contributed by atoms with Gasteiger partial charge in [0.25, 0.3) is 0 Å². The van der Waals surface area contributed by atoms with Crippen molar-refractivity contribution in [3.8, 4) is 0 Å². The molecule has 3 aliphatic heterocycles. The lowest BCUT2D eigenvalue weighted by Crippen LogP contribution is -2.55. The maximum absolute atomic E-state index is 12.7. The molecule has 3 fully saturated rings. The van der Waals surface area contributed by atoms with Crippen LogP contribution in [0.4, 0.5) is 13.2 Å². The van der Waals surface area contributed by atoms with E-state index in [9.17, 15) is 22.8 Å². The van der Waals surface area contributed by atoms with Crippen molar-refractivity contribution in [3.05, 3.63) is 0 Å². The van der Waals surface area contributed by atoms with E-state index < -0.39 is 24.0 Å². The summed E-state index contributed by atoms with van der Waals surface area (Å²) < 4.78 is 38.0. The molecule has 9 heteroatoms. The molecule has 3 aliphatic rings. The molecule has 2 N–H and O–H groups in total. The number of hydrogen-bond acceptors (Lipinski definition) is 3. The topological polar surface area (TPSA) is 61.4 Å². The third kappa shape index (κ3) is 3.96. The summed E-state index contributed by atoms with van der Waals surface area (Å²) in [5.74, 6) is -0.944. The minimum Gasteiger partial charge on any atom is -0.344 e. The van der Waals surface area contributed by atoms with Crippen molar-refractivity contribution >= 4 is 24.2 Å². The zero-order chi connectivity index (χ0) is 16.6. The Labute approximate surface area is 145 Å². The molecule has 0 radical (unpaired) electrons. The third-order valence-electron chi connectivity index (χ3n) is 5.40. The van der Waals surface area contributed by atoms with Gasteiger partial charge in [0.1, 0.15) is 12.0 Å². The van der Waals surface area contributed by atoms with Gasteiger partial charge in [-0.3, -0.25) is 9.59 Å². The standard InChI is InChI=1S/C15H22F3N3O2.ClH/c16-15(17,18)12-2-1-11(13(22)20-12)14(23)21-5-3-9-7-19-8-10(9)4-6-21;/h9-12,19H,1-8H2,(H,20,22);1H/t9-,10+,11?,12?;. The Kier molecular flexibility index (Phi) is 6.01. The van der Waals surface area contributed by atoms with Crippen molar-refractivity contribution in [1.82, 2.24) is 15.5 Å². The molecule has 5 nitrogen and oxygen atoms in total. The Balaban J connectivity index is 0.00000208. The molecule has 3 saturated heterocycles. The minimum absolute atomic E-state index is 0. The first-order chi connectivity index (χ1) is 10.9. The molecular weight excluding hydrogens is 347 g/mol. The van der Waals surface area contributed by atoms with Crippen molar-refractivity contribution in [2.75, 3.05) is 26.2 Å². The van der Waals surface area contributed by atoms with Gasteiger partial charge in [0.2, 0.25) is 11.8 Å². The van der Waals surface area contributed by atoms with Crippen LogP contribution < -0.4 is 10.6 Å². The summed E-state index contributed by atoms with van der Waals surface area (Å²) in [7, 11) is 0. The molecule has 0 aromatic heterocycles. The maximum Gasteiger partial charge on any atom is 0.408 e. The van der Waals surface area contributed by atoms with Gasteiger partial charge in [-0.1, -0.05) is 0 Å². The highest BCUT2D eigenvalue weighted by Gasteiger charge is 2.46. The second-order valence-corrected chi connectivity index (χ2v) is 6.81. The monoisotopic (exact) mass is 369 g/mol. The van der Waals surface area contributed by atoms with Gasteiger partial charge >= 0.3 is 6.18 Å². The number of nitrogens with zero attached hydrogens (tertiary/aromatic N) is 1. The van der Waals surface area contributed by atoms with E-state index in [0.717, 1.165) is 25.9 Å². The van der Waals surface area contributed by atoms with Gasteiger partial charge in [-0.05, 0) is 50.6 Å². The first-order valence-corrected chi connectivity index (χ1v) is 8.23. The summed E-state index contributed by atoms with van der Waals surface area (Å²) >= 11 is 0. The van der Waals surface area contributed by atoms with Crippen LogP contribution in [-0.2, 0) is 9.59 Å². The van der Waals surface area contributed by atoms with E-state index in [1.807, 2.05) is 5.32 Å². The van der Waals surface area contributed by atoms with E-state index in [-0.39, 0.29) is 31.2 Å². The first kappa shape index (κ1) is 19.3. The molecule has 0 aliphatic carbocycles. The maximum atomic E-state index is 12.7. The van der Waals surface area contributed by atoms with E-state index in [1.54, 1.807) is 4.90 Å². The van der Waals surface area contributed by atoms with E-state index in [4.69, 9.17) is 0 Å². The summed E-state index contributed by atoms with van der Waals surface area (Å²) in [5.41, 5.74) is 0. The Hall–Kier alpha value is -1.02. The lowest BCUT2D eigenvalue weighted by molar-refractivity contribution is -0.172. The summed E-state index contributed by atoms with van der Waals surface area (Å²) in [5, 5.41) is 5.31. The average Bonchev–Trinajstić information content (AvgIpc) is 2.84. The number of amides is 2. The fourth-order valence-corrected chi connectivity index (χ4v) is 3.95. The number of likely N-dealkylation sites (tertiary alicyclic amines) is 1. The van der Waals surface area contributed by atoms with Crippen LogP contribution in [0.25, 0.3) is 0 Å². The Morgan fingerprint density at radius 3 is 2.12 bits per heavy atom. The summed E-state index contributed by atoms with van der Waals surface area (Å²) in [4.78, 5) is 26.2. The van der Waals surface area contributed by atoms with Crippen LogP contribution in [-0.4, -0.2) is 55.1 Å². The van der Waals surface area contributed by atoms with Crippen LogP contribution in [0.3, 0.4) is 0 Å². The number of halogens is 4. The zero-order valence-corrected chi connectivity index (χ0v) is 14.1. The quantitative estimate of drug-likeness (QED) is 0.685. The molecule has 3 rings (SSSR count). The molecule has 0 spiro atoms. The second-order valence-electron chi connectivity index (χ2n) is 6.81. The first-order valence-electron chi connectivity index (χ1n) is 8.23. The fourth-order valence-electron chi connectivity index (χ4n) is 3.95. The fraction of sp³-hybridized carbons (Fsp3) is 0.867. The Morgan fingerprint density at radius 1 is 1.04 bits per heavy atom. The largest absolute Gasteiger partial charge is 0.408 e. The van der Waals surface area contributed by atoms with Crippen LogP contribution in [0.5, 0.6) is 0 Å². The highest BCUT2D eigenvalue weighted by molar-refractivity contribution is 6.00. The van der Waals surface area contributed by atoms with Gasteiger partial charge < -0.3 is 15.5 Å². The molecule has 0 bridgehead atoms. The van der Waals surface area contributed by atoms with Gasteiger partial charge in [-0.15, -0.1) is 12.4 Å². The van der Waals surface area contributed by atoms with Crippen LogP contribution in [0, 0.1) is 17.8 Å². The molecule has 0 saturated carbocycles. The lowest BCUT2D eigenvalue weighted by atomic mass is 9.92. The van der Waals surface area contributed by atoms with E-state index in [0.29, 0.717) is 24.9 Å². The highest BCUT2D eigenvalue weighted by Crippen LogP contribution is 2.31. The smallest absolute Gasteiger partial charge is 0.344 e. The molecular formula is C15H23ClF3N3O2. The van der Waals surface area contributed by atoms with Crippen molar-refractivity contribution in [1.29, 1.82) is 0 Å². The van der Waals surface area contributed by atoms with Gasteiger partial charge in [0.05, 0.1) is 0 Å². The molecule has 0 aromatic carbocycles. The molecule has 3 heterocycles. The number of nitrogens with one attached hydrogen (secondary N) is 2. The molecule has 138 valence electrons. The van der Waals surface area contributed by atoms with Gasteiger partial charge in [-0.2, -0.15) is 13.2 Å². The van der Waals surface area contributed by atoms with Gasteiger partial charge in [0, 0.05) is 13.1 Å². The van der Waals surface area contributed by atoms with Crippen LogP contribution in [0.15, 0.2) is 0 Å². The van der Waals surface area contributed by atoms with Crippen LogP contribution in [0.1, 0.15) is 25.7 Å². The second kappa shape index (κ2) is 7.47. The Morgan fingerprint density at radius 2 is 1.62 bits per heavy atom. The molecule has 24 heavy (non-hydrogen) atoms. The number of piperidine rings is 1. The number of hydrogen-bond donors (Lipinski definition) is 2. The lowest BCUT2D eigenvalue weighted by Gasteiger charge is -2.32. The number of rotatable bonds is 1. The minimum atomic E-state index is -4.45. The Bertz CT molecular complexity index is 475. The summed E-state index contributed by atoms with van der Waals surface area (Å²) in [6.45, 7) is 3.11. The number of carbonyl (C=O) groups excluding carboxylic acids is 2. The average molecular weight is 370 g/mol. The molecule has 4 atom stereocenters. The predicted octanol–water partition coefficient (Wildman–Crippen LogP) is 1.32. The summed E-state index contributed by atoms with van der Waals surface area (Å²) in [6.07, 6.45) is -2.92. The third-order valence-corrected chi connectivity index (χ3v) is 5.40. The van der Waals surface area contributed by atoms with E-state index in [2.05, 4.69) is 5.32 Å². The van der Waals surface area contributed by atoms with Gasteiger partial charge in [0.15, 0.2) is 0 Å². The van der Waals surface area contributed by atoms with Crippen molar-refractivity contribution < 1.29 is 22.8 Å². The SMILES string of the molecule is Cl.O=C1NC(C(F)(F)F)CCC1C(=O)N1CC[C@@H]2CNC[C@@H]2CC1. The molecule has 0 aromatic rings. The van der Waals surface area contributed by atoms with E-state index >= 15 is 0 Å². The summed E-state index contributed by atoms with van der Waals surface area (Å²) in [6, 6.07) is -1.83. The predicted molar refractivity (Wildman–Crippen MR) is 83.6 cm³/mol. The highest BCUT2D eigenvalue weighted by atomic mass is 35.5. The van der Waals surface area contributed by atoms with Crippen LogP contribution in [0.2, 0.25) is 0 Å². The van der Waals surface area contributed by atoms with Crippen molar-refractivity contribution in [2.24, 2.45) is 17.8 Å². The van der Waals surface area contributed by atoms with Crippen LogP contribution >= 0.6 is 12.4 Å². The van der Waals surface area contributed by atoms with Gasteiger partial charge in [-0.25, -0.2) is 0 Å². The van der Waals surface area contributed by atoms with E-state index in [1.165, 1.54) is 0 Å². The normalized spacial score (nSPS) is 34.0. The van der Waals surface area contributed by atoms with Crippen molar-refractivity contribution in [3.63, 3.8) is 0 Å². The zero-order valence-electron chi connectivity index (χ0n) is 13.3.